The lowest BCUT2D eigenvalue weighted by molar-refractivity contribution is -0.0842. The van der Waals surface area contributed by atoms with Gasteiger partial charge in [-0.05, 0) is 17.7 Å². The van der Waals surface area contributed by atoms with Gasteiger partial charge in [0.15, 0.2) is 11.5 Å². The van der Waals surface area contributed by atoms with Gasteiger partial charge in [-0.25, -0.2) is 0 Å². The van der Waals surface area contributed by atoms with E-state index in [9.17, 15) is 5.11 Å². The zero-order valence-corrected chi connectivity index (χ0v) is 8.94. The molecular weight excluding hydrogens is 208 g/mol. The number of hydrogen-bond donors (Lipinski definition) is 1. The highest BCUT2D eigenvalue weighted by Gasteiger charge is 2.40. The Morgan fingerprint density at radius 2 is 1.88 bits per heavy atom. The van der Waals surface area contributed by atoms with Crippen LogP contribution in [0, 0.1) is 0 Å². The van der Waals surface area contributed by atoms with E-state index in [4.69, 9.17) is 14.2 Å². The summed E-state index contributed by atoms with van der Waals surface area (Å²) in [6.45, 7) is 2.43. The molecule has 2 heterocycles. The van der Waals surface area contributed by atoms with Gasteiger partial charge < -0.3 is 19.3 Å². The second-order valence-corrected chi connectivity index (χ2v) is 4.29. The summed E-state index contributed by atoms with van der Waals surface area (Å²) in [5, 5.41) is 9.44. The van der Waals surface area contributed by atoms with Crippen molar-refractivity contribution in [2.75, 3.05) is 33.0 Å². The number of ether oxygens (including phenoxy) is 3. The van der Waals surface area contributed by atoms with Crippen molar-refractivity contribution in [2.24, 2.45) is 0 Å². The van der Waals surface area contributed by atoms with E-state index in [1.54, 1.807) is 0 Å². The van der Waals surface area contributed by atoms with Crippen molar-refractivity contribution in [1.29, 1.82) is 0 Å². The Bertz CT molecular complexity index is 392. The van der Waals surface area contributed by atoms with Crippen molar-refractivity contribution in [2.45, 2.75) is 5.41 Å². The largest absolute Gasteiger partial charge is 0.486 e. The second-order valence-electron chi connectivity index (χ2n) is 4.29. The van der Waals surface area contributed by atoms with Crippen LogP contribution < -0.4 is 9.47 Å². The molecule has 4 heteroatoms. The summed E-state index contributed by atoms with van der Waals surface area (Å²) in [4.78, 5) is 0. The van der Waals surface area contributed by atoms with Gasteiger partial charge in [-0.15, -0.1) is 0 Å². The fourth-order valence-corrected chi connectivity index (χ4v) is 2.07. The third kappa shape index (κ3) is 1.37. The van der Waals surface area contributed by atoms with Gasteiger partial charge in [-0.1, -0.05) is 6.07 Å². The minimum atomic E-state index is -0.240. The van der Waals surface area contributed by atoms with E-state index in [1.165, 1.54) is 0 Å². The van der Waals surface area contributed by atoms with Crippen LogP contribution in [0.5, 0.6) is 11.5 Å². The highest BCUT2D eigenvalue weighted by molar-refractivity contribution is 5.46. The second kappa shape index (κ2) is 3.64. The Kier molecular flexibility index (Phi) is 2.26. The summed E-state index contributed by atoms with van der Waals surface area (Å²) in [7, 11) is 0. The molecule has 3 rings (SSSR count). The predicted octanol–water partition coefficient (Wildman–Crippen LogP) is 0.718. The average molecular weight is 222 g/mol. The molecule has 1 aromatic rings. The molecule has 86 valence electrons. The molecule has 1 N–H and O–H groups in total. The number of aliphatic hydroxyl groups is 1. The smallest absolute Gasteiger partial charge is 0.161 e. The zero-order chi connectivity index (χ0) is 11.0. The van der Waals surface area contributed by atoms with Crippen LogP contribution in [0.2, 0.25) is 0 Å². The Balaban J connectivity index is 1.96. The maximum Gasteiger partial charge on any atom is 0.161 e. The lowest BCUT2D eigenvalue weighted by atomic mass is 9.79. The van der Waals surface area contributed by atoms with E-state index >= 15 is 0 Å². The molecule has 0 aliphatic carbocycles. The fraction of sp³-hybridized carbons (Fsp3) is 0.500. The van der Waals surface area contributed by atoms with Gasteiger partial charge >= 0.3 is 0 Å². The molecule has 0 aromatic heterocycles. The zero-order valence-electron chi connectivity index (χ0n) is 8.94. The maximum absolute atomic E-state index is 9.44. The number of aliphatic hydroxyl groups excluding tert-OH is 1. The third-order valence-electron chi connectivity index (χ3n) is 3.21. The van der Waals surface area contributed by atoms with Crippen LogP contribution in [-0.4, -0.2) is 38.1 Å². The van der Waals surface area contributed by atoms with Gasteiger partial charge in [0.05, 0.1) is 25.2 Å². The van der Waals surface area contributed by atoms with E-state index in [0.29, 0.717) is 26.4 Å². The molecule has 0 spiro atoms. The number of rotatable bonds is 2. The normalized spacial score (nSPS) is 21.3. The Morgan fingerprint density at radius 1 is 1.12 bits per heavy atom. The predicted molar refractivity (Wildman–Crippen MR) is 57.0 cm³/mol. The minimum Gasteiger partial charge on any atom is -0.486 e. The van der Waals surface area contributed by atoms with Crippen molar-refractivity contribution in [3.05, 3.63) is 23.8 Å². The van der Waals surface area contributed by atoms with E-state index in [-0.39, 0.29) is 12.0 Å². The molecule has 0 saturated carbocycles. The molecule has 2 aliphatic heterocycles. The van der Waals surface area contributed by atoms with Gasteiger partial charge in [0.1, 0.15) is 13.2 Å². The molecule has 0 bridgehead atoms. The molecule has 0 unspecified atom stereocenters. The molecule has 2 aliphatic rings. The Hall–Kier alpha value is -1.26. The summed E-state index contributed by atoms with van der Waals surface area (Å²) in [6.07, 6.45) is 0. The topological polar surface area (TPSA) is 47.9 Å². The molecule has 1 aromatic carbocycles. The van der Waals surface area contributed by atoms with Crippen LogP contribution >= 0.6 is 0 Å². The summed E-state index contributed by atoms with van der Waals surface area (Å²) in [5.74, 6) is 1.55. The van der Waals surface area contributed by atoms with Gasteiger partial charge in [-0.3, -0.25) is 0 Å². The Labute approximate surface area is 93.7 Å². The molecule has 0 radical (unpaired) electrons. The first-order chi connectivity index (χ1) is 7.84. The van der Waals surface area contributed by atoms with E-state index < -0.39 is 0 Å². The summed E-state index contributed by atoms with van der Waals surface area (Å²) < 4.78 is 16.2. The molecule has 1 fully saturated rings. The summed E-state index contributed by atoms with van der Waals surface area (Å²) in [6, 6.07) is 5.83. The van der Waals surface area contributed by atoms with Crippen LogP contribution in [0.1, 0.15) is 5.56 Å². The van der Waals surface area contributed by atoms with Crippen LogP contribution in [0.25, 0.3) is 0 Å². The van der Waals surface area contributed by atoms with Crippen LogP contribution in [0.3, 0.4) is 0 Å². The molecule has 0 amide bonds. The summed E-state index contributed by atoms with van der Waals surface area (Å²) in [5.41, 5.74) is 0.820. The van der Waals surface area contributed by atoms with Gasteiger partial charge in [0.25, 0.3) is 0 Å². The fourth-order valence-electron chi connectivity index (χ4n) is 2.07. The van der Waals surface area contributed by atoms with Crippen molar-refractivity contribution >= 4 is 0 Å². The van der Waals surface area contributed by atoms with Crippen molar-refractivity contribution in [3.8, 4) is 11.5 Å². The maximum atomic E-state index is 9.44. The minimum absolute atomic E-state index is 0.104. The highest BCUT2D eigenvalue weighted by atomic mass is 16.6. The molecule has 0 atom stereocenters. The van der Waals surface area contributed by atoms with Gasteiger partial charge in [-0.2, -0.15) is 0 Å². The van der Waals surface area contributed by atoms with Crippen molar-refractivity contribution < 1.29 is 19.3 Å². The highest BCUT2D eigenvalue weighted by Crippen LogP contribution is 2.38. The van der Waals surface area contributed by atoms with E-state index in [1.807, 2.05) is 18.2 Å². The quantitative estimate of drug-likeness (QED) is 0.801. The lowest BCUT2D eigenvalue weighted by Gasteiger charge is -2.40. The first kappa shape index (κ1) is 9.93. The number of hydrogen-bond acceptors (Lipinski definition) is 4. The molecule has 4 nitrogen and oxygen atoms in total. The van der Waals surface area contributed by atoms with E-state index in [2.05, 4.69) is 0 Å². The SMILES string of the molecule is OCC1(c2ccc3c(c2)OCCO3)COC1. The lowest BCUT2D eigenvalue weighted by Crippen LogP contribution is -2.49. The van der Waals surface area contributed by atoms with Crippen LogP contribution in [0.4, 0.5) is 0 Å². The van der Waals surface area contributed by atoms with Gasteiger partial charge in [0, 0.05) is 0 Å². The molecule has 1 saturated heterocycles. The number of benzene rings is 1. The molecular formula is C12H14O4. The third-order valence-corrected chi connectivity index (χ3v) is 3.21. The number of fused-ring (bicyclic) bond motifs is 1. The van der Waals surface area contributed by atoms with Crippen molar-refractivity contribution in [3.63, 3.8) is 0 Å². The van der Waals surface area contributed by atoms with Gasteiger partial charge in [0.2, 0.25) is 0 Å². The first-order valence-corrected chi connectivity index (χ1v) is 5.43. The molecule has 16 heavy (non-hydrogen) atoms. The Morgan fingerprint density at radius 3 is 2.50 bits per heavy atom. The standard InChI is InChI=1S/C12H14O4/c13-6-12(7-14-8-12)9-1-2-10-11(5-9)16-4-3-15-10/h1-2,5,13H,3-4,6-8H2. The average Bonchev–Trinajstić information content (AvgIpc) is 2.28. The van der Waals surface area contributed by atoms with Crippen LogP contribution in [-0.2, 0) is 10.2 Å². The van der Waals surface area contributed by atoms with Crippen LogP contribution in [0.15, 0.2) is 18.2 Å². The summed E-state index contributed by atoms with van der Waals surface area (Å²) >= 11 is 0. The first-order valence-electron chi connectivity index (χ1n) is 5.43. The van der Waals surface area contributed by atoms with Crippen molar-refractivity contribution in [1.82, 2.24) is 0 Å². The van der Waals surface area contributed by atoms with E-state index in [0.717, 1.165) is 17.1 Å². The monoisotopic (exact) mass is 222 g/mol.